The van der Waals surface area contributed by atoms with Crippen LogP contribution in [0.5, 0.6) is 5.88 Å². The van der Waals surface area contributed by atoms with Gasteiger partial charge in [-0.1, -0.05) is 11.6 Å². The fourth-order valence-corrected chi connectivity index (χ4v) is 2.14. The van der Waals surface area contributed by atoms with Gasteiger partial charge in [-0.25, -0.2) is 0 Å². The lowest BCUT2D eigenvalue weighted by Crippen LogP contribution is -2.14. The average Bonchev–Trinajstić information content (AvgIpc) is 2.42. The van der Waals surface area contributed by atoms with Gasteiger partial charge in [0.15, 0.2) is 0 Å². The third-order valence-electron chi connectivity index (χ3n) is 2.85. The van der Waals surface area contributed by atoms with E-state index >= 15 is 0 Å². The molecule has 0 radical (unpaired) electrons. The topological polar surface area (TPSA) is 89.2 Å². The van der Waals surface area contributed by atoms with Crippen molar-refractivity contribution >= 4 is 39.4 Å². The van der Waals surface area contributed by atoms with E-state index in [1.54, 1.807) is 31.2 Å². The lowest BCUT2D eigenvalue weighted by atomic mass is 10.1. The van der Waals surface area contributed by atoms with Crippen LogP contribution in [0.4, 0.5) is 5.69 Å². The van der Waals surface area contributed by atoms with Gasteiger partial charge in [-0.3, -0.25) is 14.8 Å². The van der Waals surface area contributed by atoms with Gasteiger partial charge in [0, 0.05) is 10.7 Å². The Morgan fingerprint density at radius 3 is 2.86 bits per heavy atom. The largest absolute Gasteiger partial charge is 0.494 e. The number of nitriles is 1. The maximum Gasteiger partial charge on any atom is 0.268 e. The smallest absolute Gasteiger partial charge is 0.268 e. The molecule has 5 nitrogen and oxygen atoms in total. The summed E-state index contributed by atoms with van der Waals surface area (Å²) in [4.78, 5) is 17.9. The number of aromatic amines is 1. The number of hydrogen-bond acceptors (Lipinski definition) is 4. The third-order valence-corrected chi connectivity index (χ3v) is 4.08. The molecule has 0 unspecified atom stereocenters. The SMILES string of the molecule is Cc1c(C=Nc2ccc(Br)c(Cl)c2)c(O)[nH]c(=O)c1C#N. The molecule has 0 saturated carbocycles. The van der Waals surface area contributed by atoms with E-state index in [4.69, 9.17) is 16.9 Å². The number of hydrogen-bond donors (Lipinski definition) is 2. The van der Waals surface area contributed by atoms with E-state index in [0.29, 0.717) is 16.3 Å². The summed E-state index contributed by atoms with van der Waals surface area (Å²) < 4.78 is 0.748. The summed E-state index contributed by atoms with van der Waals surface area (Å²) >= 11 is 9.24. The number of aromatic nitrogens is 1. The molecular formula is C14H9BrClN3O2. The minimum absolute atomic E-state index is 0.0527. The van der Waals surface area contributed by atoms with Crippen molar-refractivity contribution in [2.24, 2.45) is 4.99 Å². The number of rotatable bonds is 2. The van der Waals surface area contributed by atoms with E-state index < -0.39 is 5.56 Å². The van der Waals surface area contributed by atoms with E-state index in [-0.39, 0.29) is 17.0 Å². The average molecular weight is 367 g/mol. The highest BCUT2D eigenvalue weighted by Gasteiger charge is 2.12. The molecule has 0 aliphatic heterocycles. The molecule has 1 aromatic carbocycles. The van der Waals surface area contributed by atoms with Gasteiger partial charge in [-0.05, 0) is 46.6 Å². The van der Waals surface area contributed by atoms with Gasteiger partial charge >= 0.3 is 0 Å². The summed E-state index contributed by atoms with van der Waals surface area (Å²) in [7, 11) is 0. The molecule has 2 aromatic rings. The molecule has 2 N–H and O–H groups in total. The van der Waals surface area contributed by atoms with Crippen molar-refractivity contribution in [3.8, 4) is 11.9 Å². The van der Waals surface area contributed by atoms with Crippen LogP contribution in [-0.4, -0.2) is 16.3 Å². The summed E-state index contributed by atoms with van der Waals surface area (Å²) in [6.45, 7) is 1.57. The molecule has 1 heterocycles. The summed E-state index contributed by atoms with van der Waals surface area (Å²) in [5, 5.41) is 19.2. The molecule has 106 valence electrons. The summed E-state index contributed by atoms with van der Waals surface area (Å²) in [6, 6.07) is 6.92. The molecule has 0 fully saturated rings. The van der Waals surface area contributed by atoms with Gasteiger partial charge in [0.1, 0.15) is 11.6 Å². The molecule has 0 bridgehead atoms. The molecule has 0 aliphatic carbocycles. The number of H-pyrrole nitrogens is 1. The molecule has 0 saturated heterocycles. The zero-order chi connectivity index (χ0) is 15.6. The first-order valence-electron chi connectivity index (χ1n) is 5.79. The molecule has 0 spiro atoms. The molecular weight excluding hydrogens is 358 g/mol. The van der Waals surface area contributed by atoms with Crippen LogP contribution in [0.25, 0.3) is 0 Å². The van der Waals surface area contributed by atoms with Crippen LogP contribution in [-0.2, 0) is 0 Å². The molecule has 7 heteroatoms. The fraction of sp³-hybridized carbons (Fsp3) is 0.0714. The van der Waals surface area contributed by atoms with Gasteiger partial charge in [-0.15, -0.1) is 0 Å². The van der Waals surface area contributed by atoms with Crippen LogP contribution >= 0.6 is 27.5 Å². The molecule has 0 atom stereocenters. The van der Waals surface area contributed by atoms with Crippen molar-refractivity contribution in [2.45, 2.75) is 6.92 Å². The first-order valence-corrected chi connectivity index (χ1v) is 6.96. The molecule has 0 aliphatic rings. The first kappa shape index (κ1) is 15.3. The van der Waals surface area contributed by atoms with Crippen LogP contribution in [0.1, 0.15) is 16.7 Å². The Labute approximate surface area is 133 Å². The Balaban J connectivity index is 2.49. The van der Waals surface area contributed by atoms with Crippen LogP contribution in [0.3, 0.4) is 0 Å². The highest BCUT2D eigenvalue weighted by molar-refractivity contribution is 9.10. The van der Waals surface area contributed by atoms with Gasteiger partial charge in [-0.2, -0.15) is 5.26 Å². The Kier molecular flexibility index (Phi) is 4.46. The second-order valence-corrected chi connectivity index (χ2v) is 5.45. The number of nitrogens with zero attached hydrogens (tertiary/aromatic N) is 2. The zero-order valence-electron chi connectivity index (χ0n) is 10.8. The normalized spacial score (nSPS) is 10.8. The van der Waals surface area contributed by atoms with E-state index in [0.717, 1.165) is 4.47 Å². The fourth-order valence-electron chi connectivity index (χ4n) is 1.72. The maximum absolute atomic E-state index is 11.5. The summed E-state index contributed by atoms with van der Waals surface area (Å²) in [6.07, 6.45) is 1.38. The number of benzene rings is 1. The summed E-state index contributed by atoms with van der Waals surface area (Å²) in [5.74, 6) is -0.330. The predicted octanol–water partition coefficient (Wildman–Crippen LogP) is 3.43. The van der Waals surface area contributed by atoms with Crippen LogP contribution in [0.2, 0.25) is 5.02 Å². The number of nitrogens with one attached hydrogen (secondary N) is 1. The maximum atomic E-state index is 11.5. The van der Waals surface area contributed by atoms with E-state index in [2.05, 4.69) is 25.9 Å². The van der Waals surface area contributed by atoms with Gasteiger partial charge in [0.25, 0.3) is 5.56 Å². The Morgan fingerprint density at radius 2 is 2.24 bits per heavy atom. The lowest BCUT2D eigenvalue weighted by Gasteiger charge is -2.04. The van der Waals surface area contributed by atoms with Gasteiger partial charge in [0.05, 0.1) is 16.3 Å². The van der Waals surface area contributed by atoms with Crippen molar-refractivity contribution in [3.63, 3.8) is 0 Å². The number of pyridine rings is 1. The van der Waals surface area contributed by atoms with Crippen LogP contribution in [0, 0.1) is 18.3 Å². The van der Waals surface area contributed by atoms with Crippen molar-refractivity contribution in [1.29, 1.82) is 5.26 Å². The van der Waals surface area contributed by atoms with Crippen molar-refractivity contribution in [2.75, 3.05) is 0 Å². The highest BCUT2D eigenvalue weighted by atomic mass is 79.9. The highest BCUT2D eigenvalue weighted by Crippen LogP contribution is 2.27. The van der Waals surface area contributed by atoms with Crippen molar-refractivity contribution in [1.82, 2.24) is 4.98 Å². The Morgan fingerprint density at radius 1 is 1.52 bits per heavy atom. The second kappa shape index (κ2) is 6.12. The predicted molar refractivity (Wildman–Crippen MR) is 84.6 cm³/mol. The standard InChI is InChI=1S/C14H9BrClN3O2/c1-7-9(5-17)13(20)19-14(21)10(7)6-18-8-2-3-11(15)12(16)4-8/h2-4,6H,1H3,(H2,19,20,21). The van der Waals surface area contributed by atoms with E-state index in [1.807, 2.05) is 0 Å². The molecule has 1 aromatic heterocycles. The first-order chi connectivity index (χ1) is 9.93. The Hall–Kier alpha value is -2.10. The number of aliphatic imine (C=N–C) groups is 1. The summed E-state index contributed by atoms with van der Waals surface area (Å²) in [5.41, 5.74) is 0.544. The number of halogens is 2. The quantitative estimate of drug-likeness (QED) is 0.798. The second-order valence-electron chi connectivity index (χ2n) is 4.18. The number of aromatic hydroxyl groups is 1. The molecule has 0 amide bonds. The zero-order valence-corrected chi connectivity index (χ0v) is 13.2. The van der Waals surface area contributed by atoms with Crippen molar-refractivity contribution < 1.29 is 5.11 Å². The minimum Gasteiger partial charge on any atom is -0.494 e. The monoisotopic (exact) mass is 365 g/mol. The minimum atomic E-state index is -0.628. The van der Waals surface area contributed by atoms with Gasteiger partial charge in [0.2, 0.25) is 5.88 Å². The molecule has 2 rings (SSSR count). The van der Waals surface area contributed by atoms with Crippen LogP contribution < -0.4 is 5.56 Å². The van der Waals surface area contributed by atoms with E-state index in [9.17, 15) is 9.90 Å². The van der Waals surface area contributed by atoms with Crippen molar-refractivity contribution in [3.05, 3.63) is 54.7 Å². The van der Waals surface area contributed by atoms with E-state index in [1.165, 1.54) is 6.21 Å². The van der Waals surface area contributed by atoms with Gasteiger partial charge < -0.3 is 5.11 Å². The Bertz CT molecular complexity index is 837. The van der Waals surface area contributed by atoms with Crippen LogP contribution in [0.15, 0.2) is 32.5 Å². The molecule has 21 heavy (non-hydrogen) atoms. The third kappa shape index (κ3) is 3.15. The lowest BCUT2D eigenvalue weighted by molar-refractivity contribution is 0.450.